The first-order valence-corrected chi connectivity index (χ1v) is 5.84. The number of alkyl halides is 4. The first kappa shape index (κ1) is 15.7. The van der Waals surface area contributed by atoms with Crippen molar-refractivity contribution in [1.29, 1.82) is 0 Å². The van der Waals surface area contributed by atoms with Crippen molar-refractivity contribution in [2.45, 2.75) is 44.1 Å². The van der Waals surface area contributed by atoms with Gasteiger partial charge >= 0.3 is 18.3 Å². The summed E-state index contributed by atoms with van der Waals surface area (Å²) in [6.07, 6.45) is -2.91. The number of rotatable bonds is 4. The number of hydrogen-bond donors (Lipinski definition) is 0. The summed E-state index contributed by atoms with van der Waals surface area (Å²) in [5.41, 5.74) is 0. The number of likely N-dealkylation sites (tertiary alicyclic amines) is 1. The van der Waals surface area contributed by atoms with E-state index in [2.05, 4.69) is 4.74 Å². The number of methoxy groups -OCH3 is 1. The number of halogens is 4. The first-order valence-electron chi connectivity index (χ1n) is 5.84. The van der Waals surface area contributed by atoms with Crippen molar-refractivity contribution < 1.29 is 31.9 Å². The van der Waals surface area contributed by atoms with Gasteiger partial charge in [0.1, 0.15) is 0 Å². The maximum absolute atomic E-state index is 13.1. The van der Waals surface area contributed by atoms with Gasteiger partial charge in [0.05, 0.1) is 13.5 Å². The number of carbonyl (C=O) groups excluding carboxylic acids is 2. The van der Waals surface area contributed by atoms with Gasteiger partial charge in [0.2, 0.25) is 0 Å². The largest absolute Gasteiger partial charge is 0.469 e. The van der Waals surface area contributed by atoms with Gasteiger partial charge in [-0.3, -0.25) is 9.59 Å². The molecule has 4 nitrogen and oxygen atoms in total. The van der Waals surface area contributed by atoms with Crippen LogP contribution in [0.25, 0.3) is 0 Å². The molecule has 1 saturated heterocycles. The predicted molar refractivity (Wildman–Crippen MR) is 56.9 cm³/mol. The quantitative estimate of drug-likeness (QED) is 0.585. The van der Waals surface area contributed by atoms with Crippen LogP contribution in [0.2, 0.25) is 0 Å². The number of ether oxygens (including phenoxy) is 1. The lowest BCUT2D eigenvalue weighted by atomic mass is 9.98. The molecule has 1 aliphatic rings. The first-order chi connectivity index (χ1) is 8.80. The van der Waals surface area contributed by atoms with Gasteiger partial charge in [-0.25, -0.2) is 8.78 Å². The smallest absolute Gasteiger partial charge is 0.383 e. The lowest BCUT2D eigenvalue weighted by Gasteiger charge is -2.36. The van der Waals surface area contributed by atoms with Crippen molar-refractivity contribution in [2.24, 2.45) is 0 Å². The van der Waals surface area contributed by atoms with Crippen molar-refractivity contribution >= 4 is 11.9 Å². The molecule has 0 N–H and O–H groups in total. The van der Waals surface area contributed by atoms with E-state index in [0.29, 0.717) is 24.2 Å². The molecule has 0 spiro atoms. The fourth-order valence-electron chi connectivity index (χ4n) is 2.04. The van der Waals surface area contributed by atoms with Crippen LogP contribution < -0.4 is 0 Å². The van der Waals surface area contributed by atoms with Gasteiger partial charge in [-0.05, 0) is 19.3 Å². The Labute approximate surface area is 107 Å². The third kappa shape index (κ3) is 3.57. The summed E-state index contributed by atoms with van der Waals surface area (Å²) in [6, 6.07) is -0.807. The Bertz CT molecular complexity index is 349. The minimum absolute atomic E-state index is 0.0528. The van der Waals surface area contributed by atoms with Crippen LogP contribution in [0.3, 0.4) is 0 Å². The molecule has 1 unspecified atom stereocenters. The molecule has 1 aliphatic heterocycles. The molecule has 0 saturated carbocycles. The third-order valence-electron chi connectivity index (χ3n) is 3.08. The molecule has 1 fully saturated rings. The standard InChI is InChI=1S/C11H15F4NO3/c1-19-8(17)6-7-4-2-3-5-16(7)10(18)11(14,15)9(12)13/h7,9H,2-6H2,1H3. The highest BCUT2D eigenvalue weighted by molar-refractivity contribution is 5.85. The molecule has 0 bridgehead atoms. The van der Waals surface area contributed by atoms with E-state index in [1.807, 2.05) is 0 Å². The zero-order valence-electron chi connectivity index (χ0n) is 10.4. The Morgan fingerprint density at radius 1 is 1.37 bits per heavy atom. The number of hydrogen-bond acceptors (Lipinski definition) is 3. The molecule has 1 atom stereocenters. The molecule has 1 heterocycles. The zero-order chi connectivity index (χ0) is 14.6. The average molecular weight is 285 g/mol. The summed E-state index contributed by atoms with van der Waals surface area (Å²) in [5.74, 6) is -7.30. The number of esters is 1. The summed E-state index contributed by atoms with van der Waals surface area (Å²) < 4.78 is 54.9. The van der Waals surface area contributed by atoms with Crippen molar-refractivity contribution in [1.82, 2.24) is 4.90 Å². The maximum Gasteiger partial charge on any atom is 0.383 e. The normalized spacial score (nSPS) is 20.5. The third-order valence-corrected chi connectivity index (χ3v) is 3.08. The summed E-state index contributed by atoms with van der Waals surface area (Å²) in [5, 5.41) is 0. The van der Waals surface area contributed by atoms with Gasteiger partial charge in [0, 0.05) is 12.6 Å². The van der Waals surface area contributed by atoms with Crippen LogP contribution in [0.15, 0.2) is 0 Å². The van der Waals surface area contributed by atoms with Crippen molar-refractivity contribution in [3.8, 4) is 0 Å². The molecular formula is C11H15F4NO3. The van der Waals surface area contributed by atoms with Gasteiger partial charge in [-0.1, -0.05) is 0 Å². The molecule has 19 heavy (non-hydrogen) atoms. The van der Waals surface area contributed by atoms with E-state index >= 15 is 0 Å². The molecule has 1 rings (SSSR count). The highest BCUT2D eigenvalue weighted by atomic mass is 19.3. The monoisotopic (exact) mass is 285 g/mol. The van der Waals surface area contributed by atoms with Crippen LogP contribution in [-0.4, -0.2) is 48.8 Å². The molecule has 0 aromatic rings. The zero-order valence-corrected chi connectivity index (χ0v) is 10.4. The molecular weight excluding hydrogens is 270 g/mol. The Morgan fingerprint density at radius 2 is 2.00 bits per heavy atom. The van der Waals surface area contributed by atoms with Crippen LogP contribution >= 0.6 is 0 Å². The van der Waals surface area contributed by atoms with Crippen LogP contribution in [0, 0.1) is 0 Å². The fraction of sp³-hybridized carbons (Fsp3) is 0.818. The molecule has 8 heteroatoms. The van der Waals surface area contributed by atoms with E-state index in [4.69, 9.17) is 0 Å². The summed E-state index contributed by atoms with van der Waals surface area (Å²) in [4.78, 5) is 23.3. The maximum atomic E-state index is 13.1. The van der Waals surface area contributed by atoms with Crippen LogP contribution in [0.5, 0.6) is 0 Å². The van der Waals surface area contributed by atoms with E-state index in [1.54, 1.807) is 0 Å². The minimum atomic E-state index is -4.72. The van der Waals surface area contributed by atoms with Gasteiger partial charge < -0.3 is 9.64 Å². The molecule has 0 aromatic carbocycles. The van der Waals surface area contributed by atoms with E-state index in [-0.39, 0.29) is 13.0 Å². The number of piperidine rings is 1. The SMILES string of the molecule is COC(=O)CC1CCCCN1C(=O)C(F)(F)C(F)F. The number of amides is 1. The van der Waals surface area contributed by atoms with Gasteiger partial charge in [-0.2, -0.15) is 8.78 Å². The topological polar surface area (TPSA) is 46.6 Å². The van der Waals surface area contributed by atoms with Crippen LogP contribution in [0.4, 0.5) is 17.6 Å². The van der Waals surface area contributed by atoms with Gasteiger partial charge in [0.15, 0.2) is 0 Å². The predicted octanol–water partition coefficient (Wildman–Crippen LogP) is 1.83. The fourth-order valence-corrected chi connectivity index (χ4v) is 2.04. The summed E-state index contributed by atoms with van der Waals surface area (Å²) in [6.45, 7) is -0.0528. The van der Waals surface area contributed by atoms with Gasteiger partial charge in [-0.15, -0.1) is 0 Å². The summed E-state index contributed by atoms with van der Waals surface area (Å²) in [7, 11) is 1.13. The Kier molecular flexibility index (Phi) is 5.13. The highest BCUT2D eigenvalue weighted by Crippen LogP contribution is 2.30. The Hall–Kier alpha value is -1.34. The van der Waals surface area contributed by atoms with Crippen LogP contribution in [-0.2, 0) is 14.3 Å². The van der Waals surface area contributed by atoms with Crippen molar-refractivity contribution in [3.05, 3.63) is 0 Å². The summed E-state index contributed by atoms with van der Waals surface area (Å²) >= 11 is 0. The van der Waals surface area contributed by atoms with Gasteiger partial charge in [0.25, 0.3) is 5.91 Å². The lowest BCUT2D eigenvalue weighted by molar-refractivity contribution is -0.184. The van der Waals surface area contributed by atoms with E-state index in [0.717, 1.165) is 7.11 Å². The second-order valence-electron chi connectivity index (χ2n) is 4.35. The molecule has 0 radical (unpaired) electrons. The Balaban J connectivity index is 2.82. The van der Waals surface area contributed by atoms with E-state index in [1.165, 1.54) is 0 Å². The lowest BCUT2D eigenvalue weighted by Crippen LogP contribution is -2.53. The van der Waals surface area contributed by atoms with Crippen LogP contribution in [0.1, 0.15) is 25.7 Å². The second-order valence-corrected chi connectivity index (χ2v) is 4.35. The minimum Gasteiger partial charge on any atom is -0.469 e. The van der Waals surface area contributed by atoms with E-state index in [9.17, 15) is 27.2 Å². The average Bonchev–Trinajstić information content (AvgIpc) is 2.38. The highest BCUT2D eigenvalue weighted by Gasteiger charge is 2.52. The molecule has 1 amide bonds. The number of carbonyl (C=O) groups is 2. The second kappa shape index (κ2) is 6.21. The van der Waals surface area contributed by atoms with Crippen molar-refractivity contribution in [2.75, 3.05) is 13.7 Å². The molecule has 110 valence electrons. The molecule has 0 aliphatic carbocycles. The Morgan fingerprint density at radius 3 is 2.53 bits per heavy atom. The van der Waals surface area contributed by atoms with Crippen molar-refractivity contribution in [3.63, 3.8) is 0 Å². The molecule has 0 aromatic heterocycles. The van der Waals surface area contributed by atoms with E-state index < -0.39 is 30.3 Å². The number of nitrogens with zero attached hydrogens (tertiary/aromatic N) is 1.